The van der Waals surface area contributed by atoms with Gasteiger partial charge in [-0.25, -0.2) is 15.0 Å². The first-order valence-corrected chi connectivity index (χ1v) is 23.5. The fourth-order valence-corrected chi connectivity index (χ4v) is 8.31. The second kappa shape index (κ2) is 22.5. The molecule has 0 amide bonds. The van der Waals surface area contributed by atoms with Crippen LogP contribution in [0.2, 0.25) is 5.15 Å². The summed E-state index contributed by atoms with van der Waals surface area (Å²) in [7, 11) is -0.344. The molecular weight excluding hydrogens is 947 g/mol. The first-order chi connectivity index (χ1) is 35.3. The van der Waals surface area contributed by atoms with Crippen LogP contribution in [-0.4, -0.2) is 48.2 Å². The van der Waals surface area contributed by atoms with E-state index in [1.54, 1.807) is 79.1 Å². The van der Waals surface area contributed by atoms with Gasteiger partial charge in [0.05, 0.1) is 52.3 Å². The number of rotatable bonds is 8. The average Bonchev–Trinajstić information content (AvgIpc) is 3.58. The minimum atomic E-state index is -0.344. The van der Waals surface area contributed by atoms with Crippen molar-refractivity contribution in [1.29, 1.82) is 21.0 Å². The molecule has 74 heavy (non-hydrogen) atoms. The van der Waals surface area contributed by atoms with Gasteiger partial charge in [-0.15, -0.1) is 0 Å². The van der Waals surface area contributed by atoms with Crippen LogP contribution in [0.1, 0.15) is 72.2 Å². The topological polar surface area (TPSA) is 267 Å². The van der Waals surface area contributed by atoms with Crippen LogP contribution in [0.4, 0.5) is 34.9 Å². The molecule has 0 unspecified atom stereocenters. The number of hydrogen-bond donors (Lipinski definition) is 4. The number of allylic oxidation sites excluding steroid dienone is 2. The van der Waals surface area contributed by atoms with Gasteiger partial charge in [0, 0.05) is 52.3 Å². The third-order valence-corrected chi connectivity index (χ3v) is 12.7. The zero-order valence-corrected chi connectivity index (χ0v) is 42.7. The fourth-order valence-electron chi connectivity index (χ4n) is 8.11. The fraction of sp³-hybridized carbons (Fsp3) is 0.179. The molecular formula is C56H50BClN14O2. The van der Waals surface area contributed by atoms with Crippen molar-refractivity contribution in [3.63, 3.8) is 0 Å². The Hall–Kier alpha value is -9.23. The maximum absolute atomic E-state index is 8.98. The molecule has 0 aliphatic carbocycles. The van der Waals surface area contributed by atoms with Gasteiger partial charge in [0.15, 0.2) is 5.15 Å². The quantitative estimate of drug-likeness (QED) is 0.0626. The van der Waals surface area contributed by atoms with Crippen molar-refractivity contribution in [3.05, 3.63) is 159 Å². The standard InChI is InChI=1S/C25H19N7.C17H22BNO2.C14H9ClN6/c1-15-12-18(4-3-10-26)13-16(2)21(15)23-22-20(9-11-29-23)24(28)32-25(31-22)30-19-7-5-17(14-27)6-8-19;1-12-10-14(8-7-9-19)11-13(2)15(12)18-20-16(3,4)17(5,6)21-18;15-12-11-10(5-6-18-12)13(17)21-14(20-11)19-9-3-1-8(7-16)2-4-9/h3-9,11-13H,1-2H3,(H3,28,30,31,32);7-8,10-11H,1-6H3;1-6H,(H3,17,19,20,21)/b4-3+;8-7+;. The second-order valence-electron chi connectivity index (χ2n) is 18.2. The van der Waals surface area contributed by atoms with E-state index in [0.29, 0.717) is 62.2 Å². The molecule has 0 atom stereocenters. The number of benzene rings is 4. The minimum Gasteiger partial charge on any atom is -0.399 e. The van der Waals surface area contributed by atoms with E-state index >= 15 is 0 Å². The monoisotopic (exact) mass is 996 g/mol. The molecule has 1 aliphatic rings. The van der Waals surface area contributed by atoms with Gasteiger partial charge >= 0.3 is 7.12 Å². The van der Waals surface area contributed by atoms with Gasteiger partial charge in [-0.3, -0.25) is 4.98 Å². The first kappa shape index (κ1) is 52.6. The molecule has 0 spiro atoms. The Morgan fingerprint density at radius 2 is 1.00 bits per heavy atom. The number of nitriles is 4. The van der Waals surface area contributed by atoms with E-state index in [-0.39, 0.29) is 23.5 Å². The van der Waals surface area contributed by atoms with Crippen molar-refractivity contribution in [2.45, 2.75) is 66.6 Å². The number of nitrogen functional groups attached to an aromatic ring is 2. The highest BCUT2D eigenvalue weighted by Gasteiger charge is 2.52. The Labute approximate surface area is 434 Å². The Kier molecular flexibility index (Phi) is 16.0. The normalized spacial score (nSPS) is 13.2. The number of nitrogens with two attached hydrogens (primary N) is 2. The number of aryl methyl sites for hydroxylation is 4. The van der Waals surface area contributed by atoms with Crippen molar-refractivity contribution in [2.24, 2.45) is 0 Å². The van der Waals surface area contributed by atoms with Crippen LogP contribution in [-0.2, 0) is 9.31 Å². The highest BCUT2D eigenvalue weighted by atomic mass is 35.5. The molecule has 9 rings (SSSR count). The number of nitrogens with one attached hydrogen (secondary N) is 2. The van der Waals surface area contributed by atoms with Gasteiger partial charge in [-0.2, -0.15) is 31.0 Å². The molecule has 1 aliphatic heterocycles. The Bertz CT molecular complexity index is 3600. The molecule has 1 saturated heterocycles. The number of nitrogens with zero attached hydrogens (tertiary/aromatic N) is 10. The van der Waals surface area contributed by atoms with Gasteiger partial charge in [0.2, 0.25) is 11.9 Å². The molecule has 8 aromatic rings. The molecule has 6 N–H and O–H groups in total. The van der Waals surface area contributed by atoms with E-state index in [2.05, 4.69) is 101 Å². The van der Waals surface area contributed by atoms with E-state index in [9.17, 15) is 0 Å². The maximum Gasteiger partial charge on any atom is 0.495 e. The number of anilines is 6. The molecule has 4 aromatic carbocycles. The SMILES string of the molecule is Cc1cc(/C=C/C#N)cc(C)c1-c1nccc2c(N)nc(Nc3ccc(C#N)cc3)nc12.Cc1cc(/C=C/C#N)cc(C)c1B1OC(C)(C)C(C)(C)O1.N#Cc1ccc(Nc2nc(N)c3ccnc(Cl)c3n2)cc1. The van der Waals surface area contributed by atoms with Crippen LogP contribution in [0.15, 0.2) is 109 Å². The number of hydrogen-bond acceptors (Lipinski definition) is 16. The van der Waals surface area contributed by atoms with E-state index in [0.717, 1.165) is 55.8 Å². The first-order valence-electron chi connectivity index (χ1n) is 23.1. The highest BCUT2D eigenvalue weighted by molar-refractivity contribution is 6.63. The Morgan fingerprint density at radius 3 is 1.45 bits per heavy atom. The molecule has 0 radical (unpaired) electrons. The lowest BCUT2D eigenvalue weighted by Gasteiger charge is -2.32. The van der Waals surface area contributed by atoms with Crippen LogP contribution in [0.3, 0.4) is 0 Å². The van der Waals surface area contributed by atoms with Gasteiger partial charge in [0.25, 0.3) is 0 Å². The van der Waals surface area contributed by atoms with Crippen molar-refractivity contribution < 1.29 is 9.31 Å². The summed E-state index contributed by atoms with van der Waals surface area (Å²) in [5.74, 6) is 1.33. The summed E-state index contributed by atoms with van der Waals surface area (Å²) in [4.78, 5) is 26.2. The number of pyridine rings is 2. The van der Waals surface area contributed by atoms with Gasteiger partial charge in [-0.05, 0) is 156 Å². The Morgan fingerprint density at radius 1 is 0.581 bits per heavy atom. The summed E-state index contributed by atoms with van der Waals surface area (Å²) in [5.41, 5.74) is 24.2. The summed E-state index contributed by atoms with van der Waals surface area (Å²) < 4.78 is 12.3. The summed E-state index contributed by atoms with van der Waals surface area (Å²) in [5, 5.41) is 43.0. The van der Waals surface area contributed by atoms with E-state index < -0.39 is 0 Å². The van der Waals surface area contributed by atoms with Crippen molar-refractivity contribution in [2.75, 3.05) is 22.1 Å². The number of halogens is 1. The van der Waals surface area contributed by atoms with E-state index in [1.165, 1.54) is 12.2 Å². The number of fused-ring (bicyclic) bond motifs is 2. The van der Waals surface area contributed by atoms with Crippen LogP contribution in [0.5, 0.6) is 0 Å². The molecule has 4 aromatic heterocycles. The third-order valence-electron chi connectivity index (χ3n) is 12.4. The predicted octanol–water partition coefficient (Wildman–Crippen LogP) is 11.1. The molecule has 1 fully saturated rings. The van der Waals surface area contributed by atoms with Crippen LogP contribution in [0.25, 0.3) is 45.2 Å². The lowest BCUT2D eigenvalue weighted by atomic mass is 9.73. The van der Waals surface area contributed by atoms with Crippen LogP contribution >= 0.6 is 11.6 Å². The molecule has 0 saturated carbocycles. The summed E-state index contributed by atoms with van der Waals surface area (Å²) in [6, 6.07) is 33.7. The minimum absolute atomic E-state index is 0.268. The van der Waals surface area contributed by atoms with Crippen molar-refractivity contribution >= 4 is 93.0 Å². The van der Waals surface area contributed by atoms with Gasteiger partial charge < -0.3 is 31.4 Å². The summed E-state index contributed by atoms with van der Waals surface area (Å²) in [6.45, 7) is 16.3. The highest BCUT2D eigenvalue weighted by Crippen LogP contribution is 2.38. The zero-order chi connectivity index (χ0) is 53.3. The smallest absolute Gasteiger partial charge is 0.399 e. The lowest BCUT2D eigenvalue weighted by Crippen LogP contribution is -2.41. The predicted molar refractivity (Wildman–Crippen MR) is 293 cm³/mol. The van der Waals surface area contributed by atoms with Crippen molar-refractivity contribution in [1.82, 2.24) is 29.9 Å². The molecule has 18 heteroatoms. The van der Waals surface area contributed by atoms with Crippen LogP contribution in [0, 0.1) is 73.0 Å². The van der Waals surface area contributed by atoms with E-state index in [4.69, 9.17) is 58.4 Å². The van der Waals surface area contributed by atoms with Gasteiger partial charge in [0.1, 0.15) is 22.7 Å². The number of aromatic nitrogens is 6. The summed E-state index contributed by atoms with van der Waals surface area (Å²) >= 11 is 6.02. The van der Waals surface area contributed by atoms with E-state index in [1.807, 2.05) is 44.2 Å². The second-order valence-corrected chi connectivity index (χ2v) is 18.5. The Balaban J connectivity index is 0.000000168. The molecule has 5 heterocycles. The zero-order valence-electron chi connectivity index (χ0n) is 41.9. The lowest BCUT2D eigenvalue weighted by molar-refractivity contribution is 0.00578. The maximum atomic E-state index is 8.98. The van der Waals surface area contributed by atoms with Gasteiger partial charge in [-0.1, -0.05) is 47.0 Å². The third kappa shape index (κ3) is 11.9. The largest absolute Gasteiger partial charge is 0.495 e. The average molecular weight is 997 g/mol. The van der Waals surface area contributed by atoms with Crippen LogP contribution < -0.4 is 27.6 Å². The molecule has 366 valence electrons. The molecule has 0 bridgehead atoms. The summed E-state index contributed by atoms with van der Waals surface area (Å²) in [6.07, 6.45) is 9.79. The molecule has 16 nitrogen and oxygen atoms in total. The van der Waals surface area contributed by atoms with Crippen molar-refractivity contribution in [3.8, 4) is 35.5 Å².